The summed E-state index contributed by atoms with van der Waals surface area (Å²) in [5.74, 6) is 0.0493. The van der Waals surface area contributed by atoms with Crippen LogP contribution in [0, 0.1) is 27.7 Å². The van der Waals surface area contributed by atoms with Gasteiger partial charge in [0, 0.05) is 6.04 Å². The number of nitrogens with one attached hydrogen (secondary N) is 2. The third kappa shape index (κ3) is 5.13. The van der Waals surface area contributed by atoms with E-state index in [-0.39, 0.29) is 11.9 Å². The molecule has 1 aliphatic rings. The Morgan fingerprint density at radius 2 is 1.68 bits per heavy atom. The summed E-state index contributed by atoms with van der Waals surface area (Å²) in [6.07, 6.45) is 2.02. The number of benzene rings is 1. The Bertz CT molecular complexity index is 786. The molecule has 28 heavy (non-hydrogen) atoms. The van der Waals surface area contributed by atoms with Gasteiger partial charge >= 0.3 is 0 Å². The van der Waals surface area contributed by atoms with Gasteiger partial charge in [-0.25, -0.2) is 8.42 Å². The molecule has 0 spiro atoms. The number of nitrogens with zero attached hydrogens (tertiary/aromatic N) is 1. The van der Waals surface area contributed by atoms with E-state index in [0.29, 0.717) is 37.6 Å². The van der Waals surface area contributed by atoms with Gasteiger partial charge in [-0.3, -0.25) is 4.79 Å². The van der Waals surface area contributed by atoms with E-state index in [1.165, 1.54) is 0 Å². The monoisotopic (exact) mass is 410 g/mol. The summed E-state index contributed by atoms with van der Waals surface area (Å²) in [5.41, 5.74) is 3.68. The zero-order valence-corrected chi connectivity index (χ0v) is 19.0. The molecule has 0 aromatic heterocycles. The molecule has 1 aromatic rings. The van der Waals surface area contributed by atoms with E-state index in [1.54, 1.807) is 4.31 Å². The van der Waals surface area contributed by atoms with Gasteiger partial charge < -0.3 is 10.2 Å². The first kappa shape index (κ1) is 22.8. The minimum absolute atomic E-state index is 0.0493. The van der Waals surface area contributed by atoms with Crippen LogP contribution < -0.4 is 10.2 Å². The van der Waals surface area contributed by atoms with Crippen LogP contribution in [0.25, 0.3) is 0 Å². The number of hydrogen-bond donors (Lipinski definition) is 2. The van der Waals surface area contributed by atoms with Crippen LogP contribution in [0.4, 0.5) is 0 Å². The Labute approximate surface area is 170 Å². The lowest BCUT2D eigenvalue weighted by atomic mass is 10.0. The summed E-state index contributed by atoms with van der Waals surface area (Å²) in [4.78, 5) is 13.8. The average molecular weight is 411 g/mol. The Kier molecular flexibility index (Phi) is 7.65. The van der Waals surface area contributed by atoms with E-state index < -0.39 is 10.0 Å². The summed E-state index contributed by atoms with van der Waals surface area (Å²) in [7, 11) is -3.53. The smallest absolute Gasteiger partial charge is 0.275 e. The van der Waals surface area contributed by atoms with Crippen LogP contribution in [0.1, 0.15) is 48.9 Å². The van der Waals surface area contributed by atoms with Crippen molar-refractivity contribution < 1.29 is 18.1 Å². The van der Waals surface area contributed by atoms with E-state index in [9.17, 15) is 13.2 Å². The van der Waals surface area contributed by atoms with Crippen molar-refractivity contribution in [3.8, 4) is 0 Å². The van der Waals surface area contributed by atoms with Crippen molar-refractivity contribution in [2.45, 2.75) is 65.3 Å². The van der Waals surface area contributed by atoms with Crippen LogP contribution in [0.2, 0.25) is 0 Å². The Morgan fingerprint density at radius 1 is 1.14 bits per heavy atom. The number of carbonyl (C=O) groups is 1. The van der Waals surface area contributed by atoms with Crippen molar-refractivity contribution in [1.82, 2.24) is 9.62 Å². The van der Waals surface area contributed by atoms with Gasteiger partial charge in [-0.1, -0.05) is 19.4 Å². The number of hydrogen-bond acceptors (Lipinski definition) is 3. The lowest BCUT2D eigenvalue weighted by molar-refractivity contribution is -0.895. The van der Waals surface area contributed by atoms with Crippen LogP contribution in [-0.4, -0.2) is 57.4 Å². The molecule has 0 radical (unpaired) electrons. The number of quaternary nitrogens is 1. The minimum atomic E-state index is -3.53. The summed E-state index contributed by atoms with van der Waals surface area (Å²) >= 11 is 0. The average Bonchev–Trinajstić information content (AvgIpc) is 2.60. The predicted molar refractivity (Wildman–Crippen MR) is 112 cm³/mol. The van der Waals surface area contributed by atoms with Crippen molar-refractivity contribution in [1.29, 1.82) is 0 Å². The molecule has 0 saturated carbocycles. The highest BCUT2D eigenvalue weighted by Crippen LogP contribution is 2.28. The largest absolute Gasteiger partial charge is 0.349 e. The molecule has 0 bridgehead atoms. The first-order valence-electron chi connectivity index (χ1n) is 10.3. The second-order valence-corrected chi connectivity index (χ2v) is 10.1. The van der Waals surface area contributed by atoms with E-state index in [1.807, 2.05) is 40.7 Å². The summed E-state index contributed by atoms with van der Waals surface area (Å²) in [6, 6.07) is 2.23. The first-order valence-corrected chi connectivity index (χ1v) is 11.7. The van der Waals surface area contributed by atoms with Crippen LogP contribution in [0.5, 0.6) is 0 Å². The molecule has 2 rings (SSSR count). The van der Waals surface area contributed by atoms with Crippen molar-refractivity contribution >= 4 is 15.9 Å². The quantitative estimate of drug-likeness (QED) is 0.708. The molecule has 1 heterocycles. The highest BCUT2D eigenvalue weighted by Gasteiger charge is 2.33. The van der Waals surface area contributed by atoms with E-state index in [2.05, 4.69) is 12.2 Å². The fourth-order valence-electron chi connectivity index (χ4n) is 3.97. The number of amides is 1. The molecule has 1 fully saturated rings. The maximum atomic E-state index is 13.3. The normalized spacial score (nSPS) is 17.5. The van der Waals surface area contributed by atoms with Crippen LogP contribution in [0.3, 0.4) is 0 Å². The summed E-state index contributed by atoms with van der Waals surface area (Å²) in [6.45, 7) is 14.4. The second-order valence-electron chi connectivity index (χ2n) is 8.18. The lowest BCUT2D eigenvalue weighted by Gasteiger charge is -2.32. The Balaban J connectivity index is 2.04. The number of sulfonamides is 1. The molecule has 1 aromatic carbocycles. The fraction of sp³-hybridized carbons (Fsp3) is 0.667. The first-order chi connectivity index (χ1) is 13.1. The van der Waals surface area contributed by atoms with Gasteiger partial charge in [0.2, 0.25) is 10.0 Å². The predicted octanol–water partition coefficient (Wildman–Crippen LogP) is 1.11. The van der Waals surface area contributed by atoms with Crippen molar-refractivity contribution in [3.63, 3.8) is 0 Å². The zero-order chi connectivity index (χ0) is 21.1. The standard InChI is InChI=1S/C21H35N3O3S/c1-7-8-17(4)22-20(25)14-23-9-11-24(12-10-23)28(26,27)21-18(5)15(2)13-16(3)19(21)6/h13,17H,7-12,14H2,1-6H3,(H,22,25)/p+1/t17-/m0/s1. The maximum Gasteiger partial charge on any atom is 0.275 e. The molecule has 6 nitrogen and oxygen atoms in total. The van der Waals surface area contributed by atoms with Gasteiger partial charge in [-0.05, 0) is 63.3 Å². The molecule has 0 unspecified atom stereocenters. The minimum Gasteiger partial charge on any atom is -0.349 e. The Morgan fingerprint density at radius 3 is 2.18 bits per heavy atom. The van der Waals surface area contributed by atoms with Gasteiger partial charge in [0.15, 0.2) is 6.54 Å². The third-order valence-electron chi connectivity index (χ3n) is 5.86. The number of carbonyl (C=O) groups excluding carboxylic acids is 1. The molecule has 0 aliphatic carbocycles. The van der Waals surface area contributed by atoms with Gasteiger partial charge in [-0.2, -0.15) is 4.31 Å². The summed E-state index contributed by atoms with van der Waals surface area (Å²) < 4.78 is 28.2. The van der Waals surface area contributed by atoms with Gasteiger partial charge in [0.1, 0.15) is 0 Å². The van der Waals surface area contributed by atoms with Crippen LogP contribution in [-0.2, 0) is 14.8 Å². The van der Waals surface area contributed by atoms with Crippen molar-refractivity contribution in [2.75, 3.05) is 32.7 Å². The molecule has 1 aliphatic heterocycles. The molecular weight excluding hydrogens is 374 g/mol. The summed E-state index contributed by atoms with van der Waals surface area (Å²) in [5, 5.41) is 3.03. The Hall–Kier alpha value is -1.44. The highest BCUT2D eigenvalue weighted by molar-refractivity contribution is 7.89. The SMILES string of the molecule is CCC[C@H](C)NC(=O)C[NH+]1CCN(S(=O)(=O)c2c(C)c(C)cc(C)c2C)CC1. The van der Waals surface area contributed by atoms with Crippen LogP contribution >= 0.6 is 0 Å². The molecular formula is C21H36N3O3S+. The maximum absolute atomic E-state index is 13.3. The lowest BCUT2D eigenvalue weighted by Crippen LogP contribution is -3.15. The number of piperazine rings is 1. The van der Waals surface area contributed by atoms with E-state index in [4.69, 9.17) is 0 Å². The molecule has 1 amide bonds. The highest BCUT2D eigenvalue weighted by atomic mass is 32.2. The fourth-order valence-corrected chi connectivity index (χ4v) is 5.99. The van der Waals surface area contributed by atoms with Crippen molar-refractivity contribution in [2.24, 2.45) is 0 Å². The molecule has 158 valence electrons. The second kappa shape index (κ2) is 9.37. The van der Waals surface area contributed by atoms with Crippen molar-refractivity contribution in [3.05, 3.63) is 28.3 Å². The third-order valence-corrected chi connectivity index (χ3v) is 8.04. The number of aryl methyl sites for hydroxylation is 2. The molecule has 7 heteroatoms. The zero-order valence-electron chi connectivity index (χ0n) is 18.2. The van der Waals surface area contributed by atoms with E-state index >= 15 is 0 Å². The molecule has 1 saturated heterocycles. The van der Waals surface area contributed by atoms with E-state index in [0.717, 1.165) is 40.0 Å². The topological polar surface area (TPSA) is 70.9 Å². The van der Waals surface area contributed by atoms with Gasteiger partial charge in [0.05, 0.1) is 31.1 Å². The van der Waals surface area contributed by atoms with Gasteiger partial charge in [-0.15, -0.1) is 0 Å². The number of rotatable bonds is 7. The molecule has 2 N–H and O–H groups in total. The molecule has 1 atom stereocenters. The van der Waals surface area contributed by atoms with Crippen LogP contribution in [0.15, 0.2) is 11.0 Å². The van der Waals surface area contributed by atoms with Gasteiger partial charge in [0.25, 0.3) is 5.91 Å².